The van der Waals surface area contributed by atoms with Crippen molar-refractivity contribution in [3.63, 3.8) is 0 Å². The first-order valence-corrected chi connectivity index (χ1v) is 4.33. The van der Waals surface area contributed by atoms with Gasteiger partial charge in [-0.3, -0.25) is 0 Å². The Hall–Kier alpha value is -0.960. The Morgan fingerprint density at radius 3 is 2.43 bits per heavy atom. The van der Waals surface area contributed by atoms with E-state index in [1.165, 1.54) is 24.3 Å². The third kappa shape index (κ3) is 2.29. The fraction of sp³-hybridized carbons (Fsp3) is 0.200. The van der Waals surface area contributed by atoms with E-state index in [1.807, 2.05) is 0 Å². The van der Waals surface area contributed by atoms with Gasteiger partial charge < -0.3 is 0 Å². The van der Waals surface area contributed by atoms with E-state index in [4.69, 9.17) is 11.6 Å². The van der Waals surface area contributed by atoms with E-state index >= 15 is 0 Å². The molecule has 0 aliphatic carbocycles. The van der Waals surface area contributed by atoms with E-state index in [9.17, 15) is 13.2 Å². The Morgan fingerprint density at radius 1 is 1.29 bits per heavy atom. The van der Waals surface area contributed by atoms with Gasteiger partial charge in [-0.1, -0.05) is 29.8 Å². The molecule has 0 fully saturated rings. The molecule has 1 rings (SSSR count). The van der Waals surface area contributed by atoms with Crippen molar-refractivity contribution < 1.29 is 13.2 Å². The predicted octanol–water partition coefficient (Wildman–Crippen LogP) is 4.39. The lowest BCUT2D eigenvalue weighted by Gasteiger charge is -2.11. The van der Waals surface area contributed by atoms with Crippen LogP contribution < -0.4 is 0 Å². The molecule has 14 heavy (non-hydrogen) atoms. The molecule has 1 aromatic rings. The van der Waals surface area contributed by atoms with Crippen molar-refractivity contribution in [1.29, 1.82) is 0 Å². The van der Waals surface area contributed by atoms with Crippen LogP contribution in [0.2, 0.25) is 5.02 Å². The van der Waals surface area contributed by atoms with Crippen molar-refractivity contribution in [3.05, 3.63) is 40.4 Å². The molecule has 0 N–H and O–H groups in total. The molecule has 0 aromatic heterocycles. The van der Waals surface area contributed by atoms with Gasteiger partial charge in [-0.2, -0.15) is 13.2 Å². The third-order valence-corrected chi connectivity index (χ3v) is 2.02. The van der Waals surface area contributed by atoms with Gasteiger partial charge in [-0.15, -0.1) is 0 Å². The lowest BCUT2D eigenvalue weighted by Crippen LogP contribution is -2.07. The zero-order valence-electron chi connectivity index (χ0n) is 7.40. The average molecular weight is 221 g/mol. The summed E-state index contributed by atoms with van der Waals surface area (Å²) in [6.07, 6.45) is -1.48. The Morgan fingerprint density at radius 2 is 1.93 bits per heavy atom. The fourth-order valence-electron chi connectivity index (χ4n) is 1.12. The molecule has 0 heterocycles. The van der Waals surface area contributed by atoms with E-state index in [0.29, 0.717) is 0 Å². The lowest BCUT2D eigenvalue weighted by atomic mass is 10.1. The molecular weight excluding hydrogens is 213 g/mol. The van der Waals surface area contributed by atoms with Crippen LogP contribution in [0.15, 0.2) is 24.3 Å². The van der Waals surface area contributed by atoms with Crippen molar-refractivity contribution in [3.8, 4) is 0 Å². The SMILES string of the molecule is C/C=C/c1c(Cl)cccc1C(F)(F)F. The molecule has 0 spiro atoms. The van der Waals surface area contributed by atoms with Crippen LogP contribution >= 0.6 is 11.6 Å². The Labute approximate surface area is 85.0 Å². The maximum atomic E-state index is 12.5. The largest absolute Gasteiger partial charge is 0.417 e. The van der Waals surface area contributed by atoms with Crippen LogP contribution in [0.1, 0.15) is 18.1 Å². The molecule has 0 aliphatic heterocycles. The summed E-state index contributed by atoms with van der Waals surface area (Å²) in [7, 11) is 0. The highest BCUT2D eigenvalue weighted by Crippen LogP contribution is 2.35. The number of halogens is 4. The first-order valence-electron chi connectivity index (χ1n) is 3.95. The van der Waals surface area contributed by atoms with Crippen molar-refractivity contribution in [2.75, 3.05) is 0 Å². The van der Waals surface area contributed by atoms with Gasteiger partial charge in [0.1, 0.15) is 0 Å². The summed E-state index contributed by atoms with van der Waals surface area (Å²) in [6.45, 7) is 1.64. The van der Waals surface area contributed by atoms with Gasteiger partial charge in [-0.25, -0.2) is 0 Å². The lowest BCUT2D eigenvalue weighted by molar-refractivity contribution is -0.137. The highest BCUT2D eigenvalue weighted by Gasteiger charge is 2.33. The molecule has 4 heteroatoms. The molecule has 0 amide bonds. The van der Waals surface area contributed by atoms with E-state index < -0.39 is 11.7 Å². The van der Waals surface area contributed by atoms with E-state index in [2.05, 4.69) is 0 Å². The first kappa shape index (κ1) is 11.1. The quantitative estimate of drug-likeness (QED) is 0.658. The summed E-state index contributed by atoms with van der Waals surface area (Å²) in [5.41, 5.74) is -0.688. The second-order valence-electron chi connectivity index (χ2n) is 2.70. The number of hydrogen-bond acceptors (Lipinski definition) is 0. The maximum Gasteiger partial charge on any atom is 0.417 e. The van der Waals surface area contributed by atoms with Gasteiger partial charge in [0.05, 0.1) is 5.56 Å². The van der Waals surface area contributed by atoms with Gasteiger partial charge in [0.15, 0.2) is 0 Å². The smallest absolute Gasteiger partial charge is 0.166 e. The summed E-state index contributed by atoms with van der Waals surface area (Å²) in [5, 5.41) is 0.109. The zero-order valence-corrected chi connectivity index (χ0v) is 8.15. The molecule has 0 saturated heterocycles. The third-order valence-electron chi connectivity index (χ3n) is 1.69. The summed E-state index contributed by atoms with van der Waals surface area (Å²) in [5.74, 6) is 0. The van der Waals surface area contributed by atoms with E-state index in [1.54, 1.807) is 6.92 Å². The van der Waals surface area contributed by atoms with Gasteiger partial charge in [0.25, 0.3) is 0 Å². The summed E-state index contributed by atoms with van der Waals surface area (Å²) < 4.78 is 37.4. The molecule has 0 bridgehead atoms. The number of benzene rings is 1. The maximum absolute atomic E-state index is 12.5. The van der Waals surface area contributed by atoms with Crippen molar-refractivity contribution in [2.45, 2.75) is 13.1 Å². The highest BCUT2D eigenvalue weighted by atomic mass is 35.5. The Balaban J connectivity index is 3.36. The molecule has 0 saturated carbocycles. The average Bonchev–Trinajstić information content (AvgIpc) is 2.07. The van der Waals surface area contributed by atoms with Crippen LogP contribution in [0.3, 0.4) is 0 Å². The van der Waals surface area contributed by atoms with Gasteiger partial charge in [-0.05, 0) is 19.1 Å². The van der Waals surface area contributed by atoms with Crippen LogP contribution in [0, 0.1) is 0 Å². The zero-order chi connectivity index (χ0) is 10.8. The van der Waals surface area contributed by atoms with Crippen molar-refractivity contribution >= 4 is 17.7 Å². The van der Waals surface area contributed by atoms with Crippen LogP contribution in [-0.4, -0.2) is 0 Å². The molecule has 0 aliphatic rings. The summed E-state index contributed by atoms with van der Waals surface area (Å²) in [4.78, 5) is 0. The number of hydrogen-bond donors (Lipinski definition) is 0. The number of alkyl halides is 3. The standard InChI is InChI=1S/C10H8ClF3/c1-2-4-7-8(10(12,13)14)5-3-6-9(7)11/h2-6H,1H3/b4-2+. The molecule has 1 aromatic carbocycles. The van der Waals surface area contributed by atoms with E-state index in [0.717, 1.165) is 6.07 Å². The Kier molecular flexibility index (Phi) is 3.21. The minimum Gasteiger partial charge on any atom is -0.166 e. The van der Waals surface area contributed by atoms with Crippen LogP contribution in [0.5, 0.6) is 0 Å². The minimum absolute atomic E-state index is 0.0177. The molecule has 0 unspecified atom stereocenters. The number of allylic oxidation sites excluding steroid dienone is 1. The van der Waals surface area contributed by atoms with E-state index in [-0.39, 0.29) is 10.6 Å². The molecular formula is C10H8ClF3. The molecule has 0 atom stereocenters. The molecule has 0 radical (unpaired) electrons. The fourth-order valence-corrected chi connectivity index (χ4v) is 1.36. The van der Waals surface area contributed by atoms with Crippen LogP contribution in [-0.2, 0) is 6.18 Å². The van der Waals surface area contributed by atoms with Gasteiger partial charge in [0, 0.05) is 10.6 Å². The molecule has 0 nitrogen and oxygen atoms in total. The van der Waals surface area contributed by atoms with Crippen molar-refractivity contribution in [1.82, 2.24) is 0 Å². The van der Waals surface area contributed by atoms with Gasteiger partial charge >= 0.3 is 6.18 Å². The topological polar surface area (TPSA) is 0 Å². The van der Waals surface area contributed by atoms with Crippen LogP contribution in [0.4, 0.5) is 13.2 Å². The predicted molar refractivity (Wildman–Crippen MR) is 51.2 cm³/mol. The van der Waals surface area contributed by atoms with Crippen molar-refractivity contribution in [2.24, 2.45) is 0 Å². The number of rotatable bonds is 1. The van der Waals surface area contributed by atoms with Crippen LogP contribution in [0.25, 0.3) is 6.08 Å². The van der Waals surface area contributed by atoms with Gasteiger partial charge in [0.2, 0.25) is 0 Å². The summed E-state index contributed by atoms with van der Waals surface area (Å²) >= 11 is 5.66. The minimum atomic E-state index is -4.36. The first-order chi connectivity index (χ1) is 6.46. The summed E-state index contributed by atoms with van der Waals surface area (Å²) in [6, 6.07) is 3.74. The monoisotopic (exact) mass is 220 g/mol. The second-order valence-corrected chi connectivity index (χ2v) is 3.11. The Bertz CT molecular complexity index is 353. The highest BCUT2D eigenvalue weighted by molar-refractivity contribution is 6.32. The normalized spacial score (nSPS) is 12.4. The second kappa shape index (κ2) is 4.05. The molecule has 76 valence electrons.